The molecule has 0 aliphatic rings. The van der Waals surface area contributed by atoms with Gasteiger partial charge >= 0.3 is 0 Å². The highest BCUT2D eigenvalue weighted by Gasteiger charge is 2.26. The van der Waals surface area contributed by atoms with Crippen molar-refractivity contribution in [2.75, 3.05) is 26.0 Å². The molecule has 0 aliphatic heterocycles. The molecule has 1 amide bonds. The first-order valence-electron chi connectivity index (χ1n) is 8.12. The molecule has 2 rings (SSSR count). The second-order valence-corrected chi connectivity index (χ2v) is 8.31. The first-order valence-corrected chi connectivity index (χ1v) is 9.82. The number of carbonyl (C=O) groups excluding carboxylic acids is 1. The minimum atomic E-state index is -0.175. The lowest BCUT2D eigenvalue weighted by molar-refractivity contribution is -0.128. The Morgan fingerprint density at radius 2 is 2.04 bits per heavy atom. The van der Waals surface area contributed by atoms with Gasteiger partial charge < -0.3 is 15.0 Å². The number of hydrogen-bond donors (Lipinski definition) is 1. The Morgan fingerprint density at radius 3 is 2.68 bits per heavy atom. The summed E-state index contributed by atoms with van der Waals surface area (Å²) in [4.78, 5) is 14.0. The van der Waals surface area contributed by atoms with E-state index in [0.717, 1.165) is 15.8 Å². The highest BCUT2D eigenvalue weighted by Crippen LogP contribution is 2.35. The molecular weight excluding hydrogens is 356 g/mol. The number of nitrogens with one attached hydrogen (secondary N) is 1. The van der Waals surface area contributed by atoms with E-state index in [4.69, 9.17) is 4.74 Å². The number of nitrogens with zero attached hydrogens (tertiary/aromatic N) is 3. The molecule has 0 saturated heterocycles. The van der Waals surface area contributed by atoms with E-state index in [1.165, 1.54) is 23.1 Å². The van der Waals surface area contributed by atoms with Crippen LogP contribution in [-0.4, -0.2) is 47.0 Å². The van der Waals surface area contributed by atoms with Crippen LogP contribution in [0, 0.1) is 5.92 Å². The maximum Gasteiger partial charge on any atom is 0.235 e. The summed E-state index contributed by atoms with van der Waals surface area (Å²) in [5.74, 6) is 1.07. The molecule has 25 heavy (non-hydrogen) atoms. The Hall–Kier alpha value is -1.80. The van der Waals surface area contributed by atoms with Crippen molar-refractivity contribution < 1.29 is 9.53 Å². The zero-order chi connectivity index (χ0) is 18.4. The van der Waals surface area contributed by atoms with Crippen molar-refractivity contribution in [1.29, 1.82) is 0 Å². The lowest BCUT2D eigenvalue weighted by Crippen LogP contribution is -2.34. The molecular formula is C17H24N4O2S2. The molecule has 8 heteroatoms. The van der Waals surface area contributed by atoms with Gasteiger partial charge in [-0.05, 0) is 25.0 Å². The SMILES string of the molecule is CCOc1ccccc1Nc1nnc(SC(C(=O)N(C)C)C(C)C)s1. The predicted octanol–water partition coefficient (Wildman–Crippen LogP) is 3.89. The highest BCUT2D eigenvalue weighted by atomic mass is 32.2. The smallest absolute Gasteiger partial charge is 0.235 e. The third-order valence-electron chi connectivity index (χ3n) is 3.35. The summed E-state index contributed by atoms with van der Waals surface area (Å²) in [6, 6.07) is 7.71. The van der Waals surface area contributed by atoms with Gasteiger partial charge in [-0.2, -0.15) is 0 Å². The normalized spacial score (nSPS) is 12.1. The summed E-state index contributed by atoms with van der Waals surface area (Å²) in [5.41, 5.74) is 0.849. The molecule has 0 saturated carbocycles. The average molecular weight is 381 g/mol. The van der Waals surface area contributed by atoms with Crippen molar-refractivity contribution in [3.8, 4) is 5.75 Å². The molecule has 0 aliphatic carbocycles. The van der Waals surface area contributed by atoms with E-state index in [2.05, 4.69) is 15.5 Å². The predicted molar refractivity (Wildman–Crippen MR) is 104 cm³/mol. The second-order valence-electron chi connectivity index (χ2n) is 5.94. The van der Waals surface area contributed by atoms with E-state index in [9.17, 15) is 4.79 Å². The van der Waals surface area contributed by atoms with Gasteiger partial charge in [-0.1, -0.05) is 49.1 Å². The molecule has 1 aromatic heterocycles. The van der Waals surface area contributed by atoms with Crippen molar-refractivity contribution in [3.63, 3.8) is 0 Å². The Kier molecular flexibility index (Phi) is 7.07. The maximum atomic E-state index is 12.3. The summed E-state index contributed by atoms with van der Waals surface area (Å²) in [7, 11) is 3.55. The highest BCUT2D eigenvalue weighted by molar-refractivity contribution is 8.02. The number of anilines is 2. The maximum absolute atomic E-state index is 12.3. The van der Waals surface area contributed by atoms with Crippen LogP contribution in [0.15, 0.2) is 28.6 Å². The van der Waals surface area contributed by atoms with E-state index in [1.807, 2.05) is 45.0 Å². The van der Waals surface area contributed by atoms with E-state index in [0.29, 0.717) is 11.7 Å². The van der Waals surface area contributed by atoms with Crippen LogP contribution in [-0.2, 0) is 4.79 Å². The van der Waals surface area contributed by atoms with E-state index in [1.54, 1.807) is 19.0 Å². The van der Waals surface area contributed by atoms with Crippen molar-refractivity contribution in [2.24, 2.45) is 5.92 Å². The standard InChI is InChI=1S/C17H24N4O2S2/c1-6-23-13-10-8-7-9-12(13)18-16-19-20-17(25-16)24-14(11(2)3)15(22)21(4)5/h7-11,14H,6H2,1-5H3,(H,18,19). The molecule has 0 bridgehead atoms. The Balaban J connectivity index is 2.11. The third-order valence-corrected chi connectivity index (χ3v) is 5.81. The number of para-hydroxylation sites is 2. The number of carbonyl (C=O) groups is 1. The van der Waals surface area contributed by atoms with Gasteiger partial charge in [0.15, 0.2) is 4.34 Å². The summed E-state index contributed by atoms with van der Waals surface area (Å²) in [6.45, 7) is 6.62. The van der Waals surface area contributed by atoms with E-state index >= 15 is 0 Å². The Bertz CT molecular complexity index is 703. The van der Waals surface area contributed by atoms with Gasteiger partial charge in [-0.25, -0.2) is 0 Å². The number of hydrogen-bond acceptors (Lipinski definition) is 7. The van der Waals surface area contributed by atoms with Gasteiger partial charge in [0.25, 0.3) is 0 Å². The van der Waals surface area contributed by atoms with Crippen LogP contribution in [0.2, 0.25) is 0 Å². The molecule has 0 radical (unpaired) electrons. The van der Waals surface area contributed by atoms with Crippen molar-refractivity contribution in [3.05, 3.63) is 24.3 Å². The van der Waals surface area contributed by atoms with Crippen molar-refractivity contribution in [2.45, 2.75) is 30.4 Å². The molecule has 2 aromatic rings. The fraction of sp³-hybridized carbons (Fsp3) is 0.471. The van der Waals surface area contributed by atoms with E-state index < -0.39 is 0 Å². The lowest BCUT2D eigenvalue weighted by Gasteiger charge is -2.21. The fourth-order valence-electron chi connectivity index (χ4n) is 2.11. The number of aromatic nitrogens is 2. The number of amides is 1. The van der Waals surface area contributed by atoms with Crippen molar-refractivity contribution >= 4 is 39.8 Å². The van der Waals surface area contributed by atoms with Crippen LogP contribution >= 0.6 is 23.1 Å². The number of rotatable bonds is 8. The first kappa shape index (κ1) is 19.5. The van der Waals surface area contributed by atoms with Gasteiger partial charge in [0, 0.05) is 14.1 Å². The van der Waals surface area contributed by atoms with Crippen LogP contribution in [0.5, 0.6) is 5.75 Å². The number of ether oxygens (including phenoxy) is 1. The van der Waals surface area contributed by atoms with E-state index in [-0.39, 0.29) is 17.1 Å². The van der Waals surface area contributed by atoms with Crippen LogP contribution < -0.4 is 10.1 Å². The zero-order valence-corrected chi connectivity index (χ0v) is 16.8. The first-order chi connectivity index (χ1) is 11.9. The molecule has 1 aromatic carbocycles. The molecule has 6 nitrogen and oxygen atoms in total. The Morgan fingerprint density at radius 1 is 1.32 bits per heavy atom. The largest absolute Gasteiger partial charge is 0.492 e. The van der Waals surface area contributed by atoms with Crippen LogP contribution in [0.1, 0.15) is 20.8 Å². The molecule has 1 heterocycles. The minimum absolute atomic E-state index is 0.0893. The van der Waals surface area contributed by atoms with Gasteiger partial charge in [-0.15, -0.1) is 10.2 Å². The molecule has 136 valence electrons. The van der Waals surface area contributed by atoms with Gasteiger partial charge in [0.1, 0.15) is 5.75 Å². The lowest BCUT2D eigenvalue weighted by atomic mass is 10.1. The quantitative estimate of drug-likeness (QED) is 0.701. The minimum Gasteiger partial charge on any atom is -0.492 e. The molecule has 0 spiro atoms. The zero-order valence-electron chi connectivity index (χ0n) is 15.1. The second kappa shape index (κ2) is 9.05. The fourth-order valence-corrected chi connectivity index (χ4v) is 4.23. The van der Waals surface area contributed by atoms with Crippen LogP contribution in [0.25, 0.3) is 0 Å². The summed E-state index contributed by atoms with van der Waals surface area (Å²) < 4.78 is 6.38. The monoisotopic (exact) mass is 380 g/mol. The summed E-state index contributed by atoms with van der Waals surface area (Å²) >= 11 is 2.89. The molecule has 1 atom stereocenters. The topological polar surface area (TPSA) is 67.3 Å². The molecule has 1 N–H and O–H groups in total. The van der Waals surface area contributed by atoms with Gasteiger partial charge in [0.2, 0.25) is 11.0 Å². The summed E-state index contributed by atoms with van der Waals surface area (Å²) in [6.07, 6.45) is 0. The average Bonchev–Trinajstić information content (AvgIpc) is 3.01. The summed E-state index contributed by atoms with van der Waals surface area (Å²) in [5, 5.41) is 12.1. The van der Waals surface area contributed by atoms with Crippen LogP contribution in [0.3, 0.4) is 0 Å². The van der Waals surface area contributed by atoms with Crippen LogP contribution in [0.4, 0.5) is 10.8 Å². The number of thioether (sulfide) groups is 1. The Labute approximate surface area is 157 Å². The molecule has 0 fully saturated rings. The van der Waals surface area contributed by atoms with Gasteiger partial charge in [0.05, 0.1) is 17.5 Å². The van der Waals surface area contributed by atoms with Crippen molar-refractivity contribution in [1.82, 2.24) is 15.1 Å². The molecule has 1 unspecified atom stereocenters. The van der Waals surface area contributed by atoms with Gasteiger partial charge in [-0.3, -0.25) is 4.79 Å². The third kappa shape index (κ3) is 5.34. The number of benzene rings is 1.